The first kappa shape index (κ1) is 21.6. The molecule has 2 N–H and O–H groups in total. The lowest BCUT2D eigenvalue weighted by molar-refractivity contribution is 0.0953. The van der Waals surface area contributed by atoms with Crippen molar-refractivity contribution in [1.82, 2.24) is 25.4 Å². The molecule has 6 nitrogen and oxygen atoms in total. The lowest BCUT2D eigenvalue weighted by Gasteiger charge is -2.07. The van der Waals surface area contributed by atoms with Crippen LogP contribution in [0.15, 0.2) is 18.5 Å². The topological polar surface area (TPSA) is 71.8 Å². The van der Waals surface area contributed by atoms with Crippen molar-refractivity contribution >= 4 is 41.8 Å². The van der Waals surface area contributed by atoms with E-state index in [2.05, 4.69) is 41.5 Å². The highest BCUT2D eigenvalue weighted by molar-refractivity contribution is 5.96. The van der Waals surface area contributed by atoms with Crippen LogP contribution in [-0.2, 0) is 0 Å². The molecule has 2 rings (SSSR count). The summed E-state index contributed by atoms with van der Waals surface area (Å²) < 4.78 is 1.85. The Balaban J connectivity index is 0.00000242. The lowest BCUT2D eigenvalue weighted by Crippen LogP contribution is -2.32. The van der Waals surface area contributed by atoms with Gasteiger partial charge in [0.15, 0.2) is 5.65 Å². The van der Waals surface area contributed by atoms with Crippen LogP contribution in [0, 0.1) is 0 Å². The smallest absolute Gasteiger partial charge is 0.252 e. The minimum atomic E-state index is -0.0972. The number of rotatable bonds is 7. The van der Waals surface area contributed by atoms with Gasteiger partial charge in [-0.2, -0.15) is 5.10 Å². The third kappa shape index (κ3) is 5.64. The van der Waals surface area contributed by atoms with Gasteiger partial charge in [-0.3, -0.25) is 4.79 Å². The maximum atomic E-state index is 12.1. The van der Waals surface area contributed by atoms with Crippen molar-refractivity contribution < 1.29 is 4.79 Å². The molecule has 130 valence electrons. The first-order chi connectivity index (χ1) is 10.1. The predicted molar refractivity (Wildman–Crippen MR) is 97.9 cm³/mol. The zero-order valence-corrected chi connectivity index (χ0v) is 15.3. The molecule has 2 aromatic heterocycles. The second-order valence-electron chi connectivity index (χ2n) is 5.33. The molecule has 0 fully saturated rings. The van der Waals surface area contributed by atoms with Crippen LogP contribution >= 0.6 is 24.8 Å². The zero-order valence-electron chi connectivity index (χ0n) is 13.7. The standard InChI is InChI=1S/C15H23N5O.2ClH/c1-4-5-16-6-7-17-15(21)13-8-12-10-19-20(11(2)3)14(12)18-9-13;;/h8-11,16H,4-7H2,1-3H3,(H,17,21);2*1H. The Morgan fingerprint density at radius 2 is 1.96 bits per heavy atom. The van der Waals surface area contributed by atoms with E-state index in [-0.39, 0.29) is 36.8 Å². The van der Waals surface area contributed by atoms with E-state index in [1.54, 1.807) is 12.4 Å². The lowest BCUT2D eigenvalue weighted by atomic mass is 10.2. The van der Waals surface area contributed by atoms with E-state index in [0.29, 0.717) is 12.1 Å². The highest BCUT2D eigenvalue weighted by atomic mass is 35.5. The van der Waals surface area contributed by atoms with Crippen molar-refractivity contribution in [2.45, 2.75) is 33.2 Å². The molecule has 0 atom stereocenters. The van der Waals surface area contributed by atoms with Crippen LogP contribution in [0.5, 0.6) is 0 Å². The summed E-state index contributed by atoms with van der Waals surface area (Å²) in [5.41, 5.74) is 1.38. The molecule has 8 heteroatoms. The number of amides is 1. The van der Waals surface area contributed by atoms with Crippen LogP contribution in [0.3, 0.4) is 0 Å². The molecule has 23 heavy (non-hydrogen) atoms. The molecule has 0 saturated carbocycles. The summed E-state index contributed by atoms with van der Waals surface area (Å²) in [6.45, 7) is 8.58. The minimum absolute atomic E-state index is 0. The van der Waals surface area contributed by atoms with E-state index in [4.69, 9.17) is 0 Å². The fourth-order valence-electron chi connectivity index (χ4n) is 2.11. The van der Waals surface area contributed by atoms with Crippen LogP contribution in [0.1, 0.15) is 43.6 Å². The van der Waals surface area contributed by atoms with Gasteiger partial charge >= 0.3 is 0 Å². The Morgan fingerprint density at radius 3 is 2.61 bits per heavy atom. The largest absolute Gasteiger partial charge is 0.351 e. The SMILES string of the molecule is CCCNCCNC(=O)c1cnc2c(cnn2C(C)C)c1.Cl.Cl. The molecule has 1 amide bonds. The molecule has 2 heterocycles. The van der Waals surface area contributed by atoms with Gasteiger partial charge in [-0.1, -0.05) is 6.92 Å². The average Bonchev–Trinajstić information content (AvgIpc) is 2.90. The molecule has 2 aromatic rings. The van der Waals surface area contributed by atoms with E-state index < -0.39 is 0 Å². The zero-order chi connectivity index (χ0) is 15.2. The van der Waals surface area contributed by atoms with Gasteiger partial charge in [-0.05, 0) is 32.9 Å². The van der Waals surface area contributed by atoms with E-state index >= 15 is 0 Å². The van der Waals surface area contributed by atoms with Crippen LogP contribution in [-0.4, -0.2) is 40.3 Å². The number of hydrogen-bond acceptors (Lipinski definition) is 4. The molecule has 0 aromatic carbocycles. The van der Waals surface area contributed by atoms with E-state index in [1.807, 2.05) is 10.7 Å². The van der Waals surface area contributed by atoms with Gasteiger partial charge in [0, 0.05) is 30.7 Å². The Hall–Kier alpha value is -1.37. The second kappa shape index (κ2) is 10.4. The minimum Gasteiger partial charge on any atom is -0.351 e. The van der Waals surface area contributed by atoms with Crippen LogP contribution < -0.4 is 10.6 Å². The third-order valence-electron chi connectivity index (χ3n) is 3.20. The number of aromatic nitrogens is 3. The first-order valence-electron chi connectivity index (χ1n) is 7.45. The van der Waals surface area contributed by atoms with Gasteiger partial charge in [0.05, 0.1) is 11.8 Å². The van der Waals surface area contributed by atoms with Gasteiger partial charge in [-0.15, -0.1) is 24.8 Å². The summed E-state index contributed by atoms with van der Waals surface area (Å²) in [6, 6.07) is 2.09. The van der Waals surface area contributed by atoms with Crippen molar-refractivity contribution in [2.24, 2.45) is 0 Å². The average molecular weight is 362 g/mol. The third-order valence-corrected chi connectivity index (χ3v) is 3.20. The van der Waals surface area contributed by atoms with E-state index in [1.165, 1.54) is 0 Å². The number of hydrogen-bond donors (Lipinski definition) is 2. The molecule has 0 aliphatic rings. The van der Waals surface area contributed by atoms with Gasteiger partial charge in [0.1, 0.15) is 0 Å². The van der Waals surface area contributed by atoms with Gasteiger partial charge < -0.3 is 10.6 Å². The highest BCUT2D eigenvalue weighted by Crippen LogP contribution is 2.16. The molecule has 0 bridgehead atoms. The molecule has 0 unspecified atom stereocenters. The van der Waals surface area contributed by atoms with Crippen molar-refractivity contribution in [1.29, 1.82) is 0 Å². The maximum Gasteiger partial charge on any atom is 0.252 e. The first-order valence-corrected chi connectivity index (χ1v) is 7.45. The normalized spacial score (nSPS) is 10.3. The Kier molecular flexibility index (Phi) is 9.79. The summed E-state index contributed by atoms with van der Waals surface area (Å²) in [5, 5.41) is 11.3. The summed E-state index contributed by atoms with van der Waals surface area (Å²) >= 11 is 0. The molecule has 0 radical (unpaired) electrons. The summed E-state index contributed by atoms with van der Waals surface area (Å²) in [5.74, 6) is -0.0972. The Bertz CT molecular complexity index is 615. The van der Waals surface area contributed by atoms with Gasteiger partial charge in [0.25, 0.3) is 5.91 Å². The Morgan fingerprint density at radius 1 is 1.22 bits per heavy atom. The molecule has 0 saturated heterocycles. The molecular formula is C15H25Cl2N5O. The summed E-state index contributed by atoms with van der Waals surface area (Å²) in [6.07, 6.45) is 4.45. The Labute approximate surface area is 149 Å². The van der Waals surface area contributed by atoms with Crippen LogP contribution in [0.25, 0.3) is 11.0 Å². The van der Waals surface area contributed by atoms with Crippen molar-refractivity contribution in [3.05, 3.63) is 24.0 Å². The maximum absolute atomic E-state index is 12.1. The fourth-order valence-corrected chi connectivity index (χ4v) is 2.11. The number of halogens is 2. The fraction of sp³-hybridized carbons (Fsp3) is 0.533. The summed E-state index contributed by atoms with van der Waals surface area (Å²) in [4.78, 5) is 16.4. The predicted octanol–water partition coefficient (Wildman–Crippen LogP) is 2.59. The quantitative estimate of drug-likeness (QED) is 0.743. The van der Waals surface area contributed by atoms with Crippen molar-refractivity contribution in [3.63, 3.8) is 0 Å². The van der Waals surface area contributed by atoms with E-state index in [9.17, 15) is 4.79 Å². The number of carbonyl (C=O) groups excluding carboxylic acids is 1. The van der Waals surface area contributed by atoms with Crippen molar-refractivity contribution in [2.75, 3.05) is 19.6 Å². The molecule has 0 spiro atoms. The van der Waals surface area contributed by atoms with E-state index in [0.717, 1.165) is 30.5 Å². The van der Waals surface area contributed by atoms with Gasteiger partial charge in [-0.25, -0.2) is 9.67 Å². The van der Waals surface area contributed by atoms with Crippen molar-refractivity contribution in [3.8, 4) is 0 Å². The number of nitrogens with zero attached hydrogens (tertiary/aromatic N) is 3. The summed E-state index contributed by atoms with van der Waals surface area (Å²) in [7, 11) is 0. The van der Waals surface area contributed by atoms with Crippen LogP contribution in [0.4, 0.5) is 0 Å². The molecular weight excluding hydrogens is 337 g/mol. The molecule has 0 aliphatic heterocycles. The number of carbonyl (C=O) groups is 1. The number of nitrogens with one attached hydrogen (secondary N) is 2. The highest BCUT2D eigenvalue weighted by Gasteiger charge is 2.11. The monoisotopic (exact) mass is 361 g/mol. The van der Waals surface area contributed by atoms with Crippen LogP contribution in [0.2, 0.25) is 0 Å². The van der Waals surface area contributed by atoms with Gasteiger partial charge in [0.2, 0.25) is 0 Å². The number of fused-ring (bicyclic) bond motifs is 1. The second-order valence-corrected chi connectivity index (χ2v) is 5.33. The number of pyridine rings is 1. The molecule has 0 aliphatic carbocycles.